The van der Waals surface area contributed by atoms with Crippen molar-refractivity contribution >= 4 is 63.6 Å². The molecule has 0 saturated heterocycles. The molecule has 3 amide bonds. The monoisotopic (exact) mass is 654 g/mol. The van der Waals surface area contributed by atoms with Gasteiger partial charge in [0.05, 0.1) is 17.9 Å². The number of esters is 1. The number of nitrogens with one attached hydrogen (secondary N) is 3. The Kier molecular flexibility index (Phi) is 10.7. The smallest absolute Gasteiger partial charge is 0.341 e. The summed E-state index contributed by atoms with van der Waals surface area (Å²) in [5.41, 5.74) is 3.02. The number of carbonyl (C=O) groups is 4. The van der Waals surface area contributed by atoms with E-state index >= 15 is 0 Å². The van der Waals surface area contributed by atoms with Gasteiger partial charge >= 0.3 is 5.97 Å². The Morgan fingerprint density at radius 3 is 2.59 bits per heavy atom. The second-order valence-electron chi connectivity index (χ2n) is 10.9. The summed E-state index contributed by atoms with van der Waals surface area (Å²) in [5.74, 6) is -1.12. The van der Waals surface area contributed by atoms with E-state index in [9.17, 15) is 19.2 Å². The molecule has 3 N–H and O–H groups in total. The number of nitrogens with zero attached hydrogens (tertiary/aromatic N) is 1. The third-order valence-corrected chi connectivity index (χ3v) is 9.70. The predicted molar refractivity (Wildman–Crippen MR) is 182 cm³/mol. The first-order valence-electron chi connectivity index (χ1n) is 14.8. The van der Waals surface area contributed by atoms with Gasteiger partial charge in [0, 0.05) is 33.4 Å². The summed E-state index contributed by atoms with van der Waals surface area (Å²) in [5, 5.41) is 8.55. The van der Waals surface area contributed by atoms with Gasteiger partial charge in [-0.05, 0) is 85.7 Å². The van der Waals surface area contributed by atoms with Crippen LogP contribution in [0, 0.1) is 5.92 Å². The van der Waals surface area contributed by atoms with Crippen LogP contribution < -0.4 is 16.0 Å². The second-order valence-corrected chi connectivity index (χ2v) is 13.5. The summed E-state index contributed by atoms with van der Waals surface area (Å²) in [6.45, 7) is 3.97. The number of thiophene rings is 1. The van der Waals surface area contributed by atoms with Crippen LogP contribution in [0.4, 0.5) is 10.7 Å². The molecule has 2 aromatic heterocycles. The third kappa shape index (κ3) is 8.09. The highest BCUT2D eigenvalue weighted by Gasteiger charge is 2.29. The maximum absolute atomic E-state index is 13.4. The lowest BCUT2D eigenvalue weighted by atomic mass is 9.88. The lowest BCUT2D eigenvalue weighted by Gasteiger charge is -2.18. The lowest BCUT2D eigenvalue weighted by molar-refractivity contribution is -0.115. The lowest BCUT2D eigenvalue weighted by Crippen LogP contribution is -2.30. The Morgan fingerprint density at radius 2 is 1.85 bits per heavy atom. The zero-order chi connectivity index (χ0) is 32.6. The summed E-state index contributed by atoms with van der Waals surface area (Å²) in [7, 11) is 1.35. The number of rotatable bonds is 10. The first-order chi connectivity index (χ1) is 22.2. The molecule has 2 unspecified atom stereocenters. The minimum absolute atomic E-state index is 0.0436. The van der Waals surface area contributed by atoms with Crippen LogP contribution in [-0.2, 0) is 27.2 Å². The molecule has 9 nitrogen and oxygen atoms in total. The van der Waals surface area contributed by atoms with Gasteiger partial charge in [-0.15, -0.1) is 23.1 Å². The van der Waals surface area contributed by atoms with Crippen molar-refractivity contribution in [1.82, 2.24) is 10.3 Å². The molecule has 2 aromatic carbocycles. The van der Waals surface area contributed by atoms with Crippen molar-refractivity contribution in [2.24, 2.45) is 5.92 Å². The first kappa shape index (κ1) is 32.6. The number of fused-ring (bicyclic) bond motifs is 1. The number of thioether (sulfide) groups is 1. The van der Waals surface area contributed by atoms with Crippen molar-refractivity contribution < 1.29 is 23.9 Å². The Balaban J connectivity index is 1.28. The summed E-state index contributed by atoms with van der Waals surface area (Å²) < 4.78 is 5.05. The van der Waals surface area contributed by atoms with E-state index in [1.165, 1.54) is 30.2 Å². The number of amides is 3. The number of hydrogen-bond donors (Lipinski definition) is 3. The molecule has 0 fully saturated rings. The summed E-state index contributed by atoms with van der Waals surface area (Å²) >= 11 is 2.77. The van der Waals surface area contributed by atoms with E-state index < -0.39 is 23.0 Å². The molecule has 0 bridgehead atoms. The van der Waals surface area contributed by atoms with Crippen molar-refractivity contribution in [3.63, 3.8) is 0 Å². The molecule has 236 valence electrons. The molecular weight excluding hydrogens is 621 g/mol. The molecule has 1 aliphatic carbocycles. The summed E-state index contributed by atoms with van der Waals surface area (Å²) in [4.78, 5) is 58.3. The number of pyridine rings is 1. The Hall–Kier alpha value is -4.74. The zero-order valence-electron chi connectivity index (χ0n) is 25.7. The zero-order valence-corrected chi connectivity index (χ0v) is 27.3. The minimum atomic E-state index is -0.521. The van der Waals surface area contributed by atoms with Gasteiger partial charge in [0.2, 0.25) is 5.91 Å². The van der Waals surface area contributed by atoms with E-state index in [2.05, 4.69) is 27.9 Å². The number of methoxy groups -OCH3 is 1. The fraction of sp³-hybridized carbons (Fsp3) is 0.229. The molecule has 0 spiro atoms. The number of carbonyl (C=O) groups excluding carboxylic acids is 4. The molecule has 46 heavy (non-hydrogen) atoms. The fourth-order valence-electron chi connectivity index (χ4n) is 5.04. The standard InChI is InChI=1S/C35H34N4O5S2/c1-21-14-15-27-29(17-21)46-34(30(27)35(43)44-3)39-31(40)22(2)45-26-13-7-12-25(19-26)37-33(42)28(18-23-9-8-16-36-20-23)38-32(41)24-10-5-4-6-11-24/h4-13,16,18-22H,14-15,17H2,1-3H3,(H,37,42)(H,38,41)(H,39,40)/b28-18-. The van der Waals surface area contributed by atoms with Crippen LogP contribution >= 0.6 is 23.1 Å². The highest BCUT2D eigenvalue weighted by atomic mass is 32.2. The van der Waals surface area contributed by atoms with Crippen LogP contribution in [0.1, 0.15) is 57.0 Å². The van der Waals surface area contributed by atoms with Crippen molar-refractivity contribution in [3.8, 4) is 0 Å². The predicted octanol–water partition coefficient (Wildman–Crippen LogP) is 6.58. The van der Waals surface area contributed by atoms with E-state index in [1.54, 1.807) is 86.1 Å². The molecule has 0 radical (unpaired) electrons. The van der Waals surface area contributed by atoms with E-state index in [1.807, 2.05) is 6.07 Å². The van der Waals surface area contributed by atoms with E-state index in [0.717, 1.165) is 34.6 Å². The summed E-state index contributed by atoms with van der Waals surface area (Å²) in [6.07, 6.45) is 7.41. The number of anilines is 2. The number of ether oxygens (including phenoxy) is 1. The number of benzene rings is 2. The summed E-state index contributed by atoms with van der Waals surface area (Å²) in [6, 6.07) is 19.3. The van der Waals surface area contributed by atoms with Crippen LogP contribution in [0.3, 0.4) is 0 Å². The van der Waals surface area contributed by atoms with Gasteiger partial charge in [-0.2, -0.15) is 0 Å². The van der Waals surface area contributed by atoms with Gasteiger partial charge in [0.25, 0.3) is 11.8 Å². The van der Waals surface area contributed by atoms with Gasteiger partial charge in [0.1, 0.15) is 10.7 Å². The van der Waals surface area contributed by atoms with Crippen LogP contribution in [-0.4, -0.2) is 41.0 Å². The van der Waals surface area contributed by atoms with Gasteiger partial charge in [-0.25, -0.2) is 4.79 Å². The van der Waals surface area contributed by atoms with Gasteiger partial charge in [-0.1, -0.05) is 37.3 Å². The van der Waals surface area contributed by atoms with Crippen molar-refractivity contribution in [2.75, 3.05) is 17.7 Å². The van der Waals surface area contributed by atoms with Crippen LogP contribution in [0.15, 0.2) is 89.7 Å². The molecule has 1 aliphatic rings. The van der Waals surface area contributed by atoms with Gasteiger partial charge in [-0.3, -0.25) is 19.4 Å². The second kappa shape index (κ2) is 15.0. The quantitative estimate of drug-likeness (QED) is 0.100. The molecule has 0 aliphatic heterocycles. The van der Waals surface area contributed by atoms with Crippen molar-refractivity contribution in [2.45, 2.75) is 43.3 Å². The third-order valence-electron chi connectivity index (χ3n) is 7.44. The largest absolute Gasteiger partial charge is 0.465 e. The van der Waals surface area contributed by atoms with E-state index in [-0.39, 0.29) is 11.6 Å². The van der Waals surface area contributed by atoms with E-state index in [4.69, 9.17) is 4.74 Å². The normalized spacial score (nSPS) is 14.8. The number of aromatic nitrogens is 1. The Morgan fingerprint density at radius 1 is 1.04 bits per heavy atom. The minimum Gasteiger partial charge on any atom is -0.465 e. The van der Waals surface area contributed by atoms with Gasteiger partial charge in [0.15, 0.2) is 0 Å². The maximum Gasteiger partial charge on any atom is 0.341 e. The average molecular weight is 655 g/mol. The Labute approximate surface area is 275 Å². The van der Waals surface area contributed by atoms with Crippen molar-refractivity contribution in [3.05, 3.63) is 112 Å². The highest BCUT2D eigenvalue weighted by molar-refractivity contribution is 8.00. The highest BCUT2D eigenvalue weighted by Crippen LogP contribution is 2.40. The fourth-order valence-corrected chi connectivity index (χ4v) is 7.37. The molecule has 2 heterocycles. The molecule has 5 rings (SSSR count). The maximum atomic E-state index is 13.4. The van der Waals surface area contributed by atoms with Gasteiger partial charge < -0.3 is 20.7 Å². The molecule has 11 heteroatoms. The first-order valence-corrected chi connectivity index (χ1v) is 16.5. The molecule has 0 saturated carbocycles. The van der Waals surface area contributed by atoms with Crippen LogP contribution in [0.25, 0.3) is 6.08 Å². The van der Waals surface area contributed by atoms with E-state index in [0.29, 0.717) is 33.3 Å². The number of hydrogen-bond acceptors (Lipinski definition) is 8. The van der Waals surface area contributed by atoms with Crippen LogP contribution in [0.5, 0.6) is 0 Å². The average Bonchev–Trinajstić information content (AvgIpc) is 3.41. The SMILES string of the molecule is COC(=O)c1c(NC(=O)C(C)Sc2cccc(NC(=O)/C(=C/c3cccnc3)NC(=O)c3ccccc3)c2)sc2c1CCC(C)C2. The molecular formula is C35H34N4O5S2. The molecule has 2 atom stereocenters. The van der Waals surface area contributed by atoms with Crippen molar-refractivity contribution in [1.29, 1.82) is 0 Å². The topological polar surface area (TPSA) is 126 Å². The molecule has 4 aromatic rings. The Bertz CT molecular complexity index is 1770. The van der Waals surface area contributed by atoms with Crippen LogP contribution in [0.2, 0.25) is 0 Å².